The van der Waals surface area contributed by atoms with Gasteiger partial charge in [0.2, 0.25) is 0 Å². The number of aliphatic imine (C=N–C) groups is 1. The summed E-state index contributed by atoms with van der Waals surface area (Å²) in [6, 6.07) is 1.66. The maximum Gasteiger partial charge on any atom is 0.191 e. The molecule has 0 fully saturated rings. The Morgan fingerprint density at radius 2 is 2.00 bits per heavy atom. The van der Waals surface area contributed by atoms with Crippen LogP contribution in [0.15, 0.2) is 17.3 Å². The Hall–Kier alpha value is -0.840. The summed E-state index contributed by atoms with van der Waals surface area (Å²) in [4.78, 5) is 14.5. The maximum atomic E-state index is 6.08. The number of anilines is 1. The number of aromatic nitrogens is 2. The van der Waals surface area contributed by atoms with Gasteiger partial charge in [-0.15, -0.1) is 35.3 Å². The molecule has 3 N–H and O–H groups in total. The molecule has 0 aliphatic rings. The van der Waals surface area contributed by atoms with Gasteiger partial charge in [0.15, 0.2) is 5.96 Å². The van der Waals surface area contributed by atoms with Crippen molar-refractivity contribution in [3.8, 4) is 0 Å². The fourth-order valence-electron chi connectivity index (χ4n) is 2.00. The molecule has 0 aromatic carbocycles. The van der Waals surface area contributed by atoms with Gasteiger partial charge in [-0.05, 0) is 26.8 Å². The summed E-state index contributed by atoms with van der Waals surface area (Å²) in [6.07, 6.45) is 1.56. The first-order chi connectivity index (χ1) is 12.0. The minimum atomic E-state index is 0. The molecule has 0 bridgehead atoms. The molecule has 10 heteroatoms. The molecule has 2 aromatic heterocycles. The van der Waals surface area contributed by atoms with Crippen molar-refractivity contribution in [3.05, 3.63) is 37.9 Å². The van der Waals surface area contributed by atoms with E-state index in [-0.39, 0.29) is 24.0 Å². The smallest absolute Gasteiger partial charge is 0.191 e. The van der Waals surface area contributed by atoms with Crippen LogP contribution in [0.25, 0.3) is 0 Å². The lowest BCUT2D eigenvalue weighted by Gasteiger charge is -2.12. The molecule has 144 valence electrons. The fraction of sp³-hybridized carbons (Fsp3) is 0.438. The highest BCUT2D eigenvalue weighted by atomic mass is 127. The highest BCUT2D eigenvalue weighted by molar-refractivity contribution is 14.0. The van der Waals surface area contributed by atoms with Crippen molar-refractivity contribution in [3.63, 3.8) is 0 Å². The fourth-order valence-corrected chi connectivity index (χ4v) is 3.31. The van der Waals surface area contributed by atoms with Gasteiger partial charge in [0.05, 0.1) is 22.3 Å². The quantitative estimate of drug-likeness (QED) is 0.217. The number of halogens is 3. The highest BCUT2D eigenvalue weighted by Gasteiger charge is 2.05. The molecule has 2 heterocycles. The molecule has 2 aromatic rings. The summed E-state index contributed by atoms with van der Waals surface area (Å²) in [5.74, 6) is 1.37. The number of aryl methyl sites for hydroxylation is 2. The van der Waals surface area contributed by atoms with Gasteiger partial charge in [-0.2, -0.15) is 0 Å². The third-order valence-corrected chi connectivity index (χ3v) is 4.86. The van der Waals surface area contributed by atoms with Crippen LogP contribution in [-0.4, -0.2) is 35.6 Å². The third-order valence-electron chi connectivity index (χ3n) is 3.31. The minimum Gasteiger partial charge on any atom is -0.367 e. The van der Waals surface area contributed by atoms with Crippen molar-refractivity contribution in [1.82, 2.24) is 20.6 Å². The average Bonchev–Trinajstić information content (AvgIpc) is 2.89. The Kier molecular flexibility index (Phi) is 10.5. The van der Waals surface area contributed by atoms with E-state index in [1.165, 1.54) is 4.88 Å². The Labute approximate surface area is 185 Å². The number of thiazole rings is 1. The molecule has 0 unspecified atom stereocenters. The maximum absolute atomic E-state index is 6.08. The number of hydrogen-bond donors (Lipinski definition) is 3. The Morgan fingerprint density at radius 3 is 2.62 bits per heavy atom. The molecule has 26 heavy (non-hydrogen) atoms. The lowest BCUT2D eigenvalue weighted by atomic mass is 10.4. The van der Waals surface area contributed by atoms with Crippen molar-refractivity contribution >= 4 is 70.3 Å². The van der Waals surface area contributed by atoms with Gasteiger partial charge in [0.25, 0.3) is 0 Å². The molecule has 2 rings (SSSR count). The van der Waals surface area contributed by atoms with Crippen LogP contribution in [0.1, 0.15) is 22.5 Å². The summed E-state index contributed by atoms with van der Waals surface area (Å²) >= 11 is 13.6. The molecule has 0 saturated carbocycles. The van der Waals surface area contributed by atoms with Gasteiger partial charge in [-0.3, -0.25) is 0 Å². The molecule has 0 aliphatic heterocycles. The number of rotatable bonds is 7. The van der Waals surface area contributed by atoms with E-state index in [1.54, 1.807) is 23.6 Å². The lowest BCUT2D eigenvalue weighted by Crippen LogP contribution is -2.39. The molecule has 0 amide bonds. The van der Waals surface area contributed by atoms with Crippen molar-refractivity contribution in [2.75, 3.05) is 25.0 Å². The Bertz CT molecular complexity index is 718. The Balaban J connectivity index is 0.00000338. The summed E-state index contributed by atoms with van der Waals surface area (Å²) in [7, 11) is 0. The van der Waals surface area contributed by atoms with Crippen LogP contribution in [0.5, 0.6) is 0 Å². The third kappa shape index (κ3) is 7.42. The predicted octanol–water partition coefficient (Wildman–Crippen LogP) is 4.25. The topological polar surface area (TPSA) is 74.2 Å². The van der Waals surface area contributed by atoms with Crippen LogP contribution >= 0.6 is 58.5 Å². The number of guanidine groups is 1. The molecule has 0 aliphatic carbocycles. The summed E-state index contributed by atoms with van der Waals surface area (Å²) in [6.45, 7) is 8.79. The molecule has 0 radical (unpaired) electrons. The van der Waals surface area contributed by atoms with Crippen LogP contribution in [0, 0.1) is 13.8 Å². The largest absolute Gasteiger partial charge is 0.367 e. The molecular weight excluding hydrogens is 506 g/mol. The number of nitrogens with zero attached hydrogens (tertiary/aromatic N) is 3. The van der Waals surface area contributed by atoms with Gasteiger partial charge in [-0.25, -0.2) is 15.0 Å². The van der Waals surface area contributed by atoms with Crippen LogP contribution in [0.3, 0.4) is 0 Å². The van der Waals surface area contributed by atoms with E-state index in [0.717, 1.165) is 23.2 Å². The number of nitrogens with one attached hydrogen (secondary N) is 3. The van der Waals surface area contributed by atoms with E-state index < -0.39 is 0 Å². The van der Waals surface area contributed by atoms with Crippen LogP contribution in [0.4, 0.5) is 5.82 Å². The first-order valence-corrected chi connectivity index (χ1v) is 9.56. The van der Waals surface area contributed by atoms with E-state index in [2.05, 4.69) is 37.8 Å². The van der Waals surface area contributed by atoms with E-state index in [4.69, 9.17) is 23.2 Å². The SMILES string of the molecule is CCNC(=NCc1nc(C)c(C)s1)NCCNc1ncc(Cl)cc1Cl.I. The zero-order chi connectivity index (χ0) is 18.2. The average molecular weight is 529 g/mol. The summed E-state index contributed by atoms with van der Waals surface area (Å²) in [5, 5.41) is 11.7. The Morgan fingerprint density at radius 1 is 1.23 bits per heavy atom. The second-order valence-corrected chi connectivity index (χ2v) is 7.41. The van der Waals surface area contributed by atoms with Crippen LogP contribution < -0.4 is 16.0 Å². The van der Waals surface area contributed by atoms with Gasteiger partial charge in [-0.1, -0.05) is 23.2 Å². The van der Waals surface area contributed by atoms with Gasteiger partial charge in [0.1, 0.15) is 10.8 Å². The first-order valence-electron chi connectivity index (χ1n) is 7.99. The van der Waals surface area contributed by atoms with Crippen molar-refractivity contribution in [1.29, 1.82) is 0 Å². The molecule has 0 saturated heterocycles. The zero-order valence-electron chi connectivity index (χ0n) is 14.9. The van der Waals surface area contributed by atoms with E-state index in [9.17, 15) is 0 Å². The summed E-state index contributed by atoms with van der Waals surface area (Å²) in [5.41, 5.74) is 1.07. The standard InChI is InChI=1S/C16H22Cl2N6S.HI/c1-4-19-16(23-9-14-24-10(2)11(3)25-14)21-6-5-20-15-13(18)7-12(17)8-22-15;/h7-8H,4-6,9H2,1-3H3,(H,20,22)(H2,19,21,23);1H. The summed E-state index contributed by atoms with van der Waals surface area (Å²) < 4.78 is 0. The number of hydrogen-bond acceptors (Lipinski definition) is 5. The second-order valence-electron chi connectivity index (χ2n) is 5.28. The van der Waals surface area contributed by atoms with Gasteiger partial charge < -0.3 is 16.0 Å². The number of pyridine rings is 1. The monoisotopic (exact) mass is 528 g/mol. The van der Waals surface area contributed by atoms with Crippen molar-refractivity contribution < 1.29 is 0 Å². The van der Waals surface area contributed by atoms with Gasteiger partial charge >= 0.3 is 0 Å². The van der Waals surface area contributed by atoms with E-state index >= 15 is 0 Å². The minimum absolute atomic E-state index is 0. The van der Waals surface area contributed by atoms with E-state index in [0.29, 0.717) is 35.5 Å². The molecule has 0 spiro atoms. The normalized spacial score (nSPS) is 11.0. The molecule has 6 nitrogen and oxygen atoms in total. The van der Waals surface area contributed by atoms with E-state index in [1.807, 2.05) is 13.8 Å². The van der Waals surface area contributed by atoms with Crippen molar-refractivity contribution in [2.45, 2.75) is 27.3 Å². The first kappa shape index (κ1) is 23.2. The molecule has 0 atom stereocenters. The van der Waals surface area contributed by atoms with Crippen molar-refractivity contribution in [2.24, 2.45) is 4.99 Å². The zero-order valence-corrected chi connectivity index (χ0v) is 19.6. The lowest BCUT2D eigenvalue weighted by molar-refractivity contribution is 0.817. The highest BCUT2D eigenvalue weighted by Crippen LogP contribution is 2.22. The molecular formula is C16H23Cl2IN6S. The van der Waals surface area contributed by atoms with Crippen LogP contribution in [-0.2, 0) is 6.54 Å². The predicted molar refractivity (Wildman–Crippen MR) is 123 cm³/mol. The van der Waals surface area contributed by atoms with Gasteiger partial charge in [0, 0.05) is 30.7 Å². The van der Waals surface area contributed by atoms with Crippen LogP contribution in [0.2, 0.25) is 10.0 Å². The second kappa shape index (κ2) is 11.8.